The van der Waals surface area contributed by atoms with Crippen LogP contribution in [0.4, 0.5) is 0 Å². The van der Waals surface area contributed by atoms with Gasteiger partial charge in [-0.25, -0.2) is 0 Å². The molecule has 3 atom stereocenters. The third kappa shape index (κ3) is 1.44. The number of carboxylic acid groups (broad SMARTS) is 1. The highest BCUT2D eigenvalue weighted by molar-refractivity contribution is 5.68. The zero-order chi connectivity index (χ0) is 10.2. The van der Waals surface area contributed by atoms with E-state index in [4.69, 9.17) is 10.8 Å². The summed E-state index contributed by atoms with van der Waals surface area (Å²) in [6.07, 6.45) is 6.43. The molecule has 80 valence electrons. The number of nitrogens with two attached hydrogens (primary N) is 1. The fourth-order valence-corrected chi connectivity index (χ4v) is 3.58. The second kappa shape index (κ2) is 3.54. The Balaban J connectivity index is 2.04. The van der Waals surface area contributed by atoms with E-state index in [0.717, 1.165) is 12.3 Å². The molecule has 0 aromatic carbocycles. The summed E-state index contributed by atoms with van der Waals surface area (Å²) in [6, 6.07) is 0. The standard InChI is InChI=1S/C11H19NO2/c12-7-11(6-10(13)14)5-8-3-1-2-4-9(8)11/h8-9H,1-7,12H2,(H,13,14)/t8-,9-,11+/m0/s1. The summed E-state index contributed by atoms with van der Waals surface area (Å²) in [5, 5.41) is 8.88. The lowest BCUT2D eigenvalue weighted by molar-refractivity contribution is -0.148. The molecule has 3 heteroatoms. The van der Waals surface area contributed by atoms with Crippen molar-refractivity contribution in [2.45, 2.75) is 38.5 Å². The van der Waals surface area contributed by atoms with Crippen LogP contribution in [0.1, 0.15) is 38.5 Å². The quantitative estimate of drug-likeness (QED) is 0.722. The van der Waals surface area contributed by atoms with Gasteiger partial charge in [0.1, 0.15) is 0 Å². The van der Waals surface area contributed by atoms with Gasteiger partial charge in [0.2, 0.25) is 0 Å². The van der Waals surface area contributed by atoms with Crippen LogP contribution in [0.3, 0.4) is 0 Å². The Hall–Kier alpha value is -0.570. The van der Waals surface area contributed by atoms with Gasteiger partial charge in [0.15, 0.2) is 0 Å². The molecule has 0 spiro atoms. The first-order chi connectivity index (χ1) is 6.68. The molecular weight excluding hydrogens is 178 g/mol. The van der Waals surface area contributed by atoms with E-state index >= 15 is 0 Å². The molecule has 14 heavy (non-hydrogen) atoms. The van der Waals surface area contributed by atoms with Crippen LogP contribution >= 0.6 is 0 Å². The van der Waals surface area contributed by atoms with E-state index < -0.39 is 5.97 Å². The van der Waals surface area contributed by atoms with Gasteiger partial charge in [0.25, 0.3) is 0 Å². The highest BCUT2D eigenvalue weighted by Crippen LogP contribution is 2.58. The van der Waals surface area contributed by atoms with Gasteiger partial charge >= 0.3 is 5.97 Å². The second-order valence-corrected chi connectivity index (χ2v) is 4.99. The molecule has 0 bridgehead atoms. The van der Waals surface area contributed by atoms with Crippen molar-refractivity contribution in [3.63, 3.8) is 0 Å². The SMILES string of the molecule is NC[C@]1(CC(=O)O)C[C@@H]2CCCC[C@@H]21. The topological polar surface area (TPSA) is 63.3 Å². The third-order valence-electron chi connectivity index (χ3n) is 4.27. The maximum Gasteiger partial charge on any atom is 0.303 e. The van der Waals surface area contributed by atoms with E-state index in [1.165, 1.54) is 25.7 Å². The molecule has 3 nitrogen and oxygen atoms in total. The second-order valence-electron chi connectivity index (χ2n) is 4.99. The molecule has 0 saturated heterocycles. The molecule has 3 N–H and O–H groups in total. The van der Waals surface area contributed by atoms with E-state index in [0.29, 0.717) is 12.5 Å². The van der Waals surface area contributed by atoms with E-state index in [9.17, 15) is 4.79 Å². The maximum absolute atomic E-state index is 10.8. The fraction of sp³-hybridized carbons (Fsp3) is 0.909. The molecule has 0 aliphatic heterocycles. The van der Waals surface area contributed by atoms with Crippen molar-refractivity contribution in [1.82, 2.24) is 0 Å². The Morgan fingerprint density at radius 2 is 2.14 bits per heavy atom. The lowest BCUT2D eigenvalue weighted by Gasteiger charge is -2.57. The van der Waals surface area contributed by atoms with E-state index in [-0.39, 0.29) is 11.8 Å². The minimum absolute atomic E-state index is 0.0447. The van der Waals surface area contributed by atoms with Crippen molar-refractivity contribution < 1.29 is 9.90 Å². The molecule has 2 aliphatic rings. The van der Waals surface area contributed by atoms with Crippen molar-refractivity contribution in [3.05, 3.63) is 0 Å². The van der Waals surface area contributed by atoms with Crippen molar-refractivity contribution in [1.29, 1.82) is 0 Å². The van der Waals surface area contributed by atoms with Crippen LogP contribution in [0.5, 0.6) is 0 Å². The molecular formula is C11H19NO2. The number of carboxylic acids is 1. The Morgan fingerprint density at radius 1 is 1.43 bits per heavy atom. The average molecular weight is 197 g/mol. The highest BCUT2D eigenvalue weighted by atomic mass is 16.4. The van der Waals surface area contributed by atoms with Gasteiger partial charge in [-0.2, -0.15) is 0 Å². The van der Waals surface area contributed by atoms with Gasteiger partial charge in [-0.3, -0.25) is 4.79 Å². The van der Waals surface area contributed by atoms with Gasteiger partial charge in [-0.1, -0.05) is 19.3 Å². The molecule has 2 fully saturated rings. The Kier molecular flexibility index (Phi) is 2.52. The number of rotatable bonds is 3. The number of hydrogen-bond acceptors (Lipinski definition) is 2. The predicted octanol–water partition coefficient (Wildman–Crippen LogP) is 1.62. The highest BCUT2D eigenvalue weighted by Gasteiger charge is 2.53. The molecule has 0 radical (unpaired) electrons. The van der Waals surface area contributed by atoms with E-state index in [1.54, 1.807) is 0 Å². The largest absolute Gasteiger partial charge is 0.481 e. The van der Waals surface area contributed by atoms with Crippen LogP contribution in [0.25, 0.3) is 0 Å². The maximum atomic E-state index is 10.8. The van der Waals surface area contributed by atoms with E-state index in [2.05, 4.69) is 0 Å². The number of hydrogen-bond donors (Lipinski definition) is 2. The lowest BCUT2D eigenvalue weighted by Crippen LogP contribution is -2.54. The van der Waals surface area contributed by atoms with Crippen molar-refractivity contribution in [3.8, 4) is 0 Å². The molecule has 0 heterocycles. The summed E-state index contributed by atoms with van der Waals surface area (Å²) in [7, 11) is 0. The van der Waals surface area contributed by atoms with Crippen molar-refractivity contribution >= 4 is 5.97 Å². The monoisotopic (exact) mass is 197 g/mol. The van der Waals surface area contributed by atoms with Gasteiger partial charge in [-0.05, 0) is 36.6 Å². The summed E-state index contributed by atoms with van der Waals surface area (Å²) in [5.74, 6) is 0.712. The minimum Gasteiger partial charge on any atom is -0.481 e. The molecule has 2 aliphatic carbocycles. The normalized spacial score (nSPS) is 41.2. The Morgan fingerprint density at radius 3 is 2.71 bits per heavy atom. The number of fused-ring (bicyclic) bond motifs is 1. The number of carbonyl (C=O) groups is 1. The zero-order valence-electron chi connectivity index (χ0n) is 8.54. The summed E-state index contributed by atoms with van der Waals surface area (Å²) >= 11 is 0. The van der Waals surface area contributed by atoms with Gasteiger partial charge in [-0.15, -0.1) is 0 Å². The van der Waals surface area contributed by atoms with Crippen LogP contribution < -0.4 is 5.73 Å². The first-order valence-corrected chi connectivity index (χ1v) is 5.60. The summed E-state index contributed by atoms with van der Waals surface area (Å²) in [5.41, 5.74) is 5.72. The fourth-order valence-electron chi connectivity index (χ4n) is 3.58. The lowest BCUT2D eigenvalue weighted by atomic mass is 9.48. The summed E-state index contributed by atoms with van der Waals surface area (Å²) in [6.45, 7) is 0.556. The number of aliphatic carboxylic acids is 1. The molecule has 0 aromatic rings. The van der Waals surface area contributed by atoms with Crippen LogP contribution in [0, 0.1) is 17.3 Å². The first kappa shape index (κ1) is 9.97. The van der Waals surface area contributed by atoms with E-state index in [1.807, 2.05) is 0 Å². The minimum atomic E-state index is -0.681. The molecule has 0 amide bonds. The predicted molar refractivity (Wildman–Crippen MR) is 53.8 cm³/mol. The Bertz CT molecular complexity index is 241. The molecule has 2 rings (SSSR count). The van der Waals surface area contributed by atoms with Gasteiger partial charge in [0.05, 0.1) is 6.42 Å². The van der Waals surface area contributed by atoms with Crippen LogP contribution in [-0.2, 0) is 4.79 Å². The Labute approximate surface area is 84.7 Å². The zero-order valence-corrected chi connectivity index (χ0v) is 8.54. The first-order valence-electron chi connectivity index (χ1n) is 5.60. The van der Waals surface area contributed by atoms with Gasteiger partial charge in [0, 0.05) is 0 Å². The smallest absolute Gasteiger partial charge is 0.303 e. The van der Waals surface area contributed by atoms with Crippen LogP contribution in [0.2, 0.25) is 0 Å². The summed E-state index contributed by atoms with van der Waals surface area (Å²) < 4.78 is 0. The van der Waals surface area contributed by atoms with Crippen molar-refractivity contribution in [2.24, 2.45) is 23.0 Å². The molecule has 0 unspecified atom stereocenters. The molecule has 2 saturated carbocycles. The van der Waals surface area contributed by atoms with Gasteiger partial charge < -0.3 is 10.8 Å². The average Bonchev–Trinajstić information content (AvgIpc) is 2.13. The van der Waals surface area contributed by atoms with Crippen LogP contribution in [0.15, 0.2) is 0 Å². The molecule has 0 aromatic heterocycles. The summed E-state index contributed by atoms with van der Waals surface area (Å²) in [4.78, 5) is 10.8. The van der Waals surface area contributed by atoms with Crippen molar-refractivity contribution in [2.75, 3.05) is 6.54 Å². The third-order valence-corrected chi connectivity index (χ3v) is 4.27. The van der Waals surface area contributed by atoms with Crippen LogP contribution in [-0.4, -0.2) is 17.6 Å².